The van der Waals surface area contributed by atoms with E-state index in [9.17, 15) is 13.2 Å². The maximum absolute atomic E-state index is 12.1. The van der Waals surface area contributed by atoms with Crippen molar-refractivity contribution in [3.05, 3.63) is 24.3 Å². The second-order valence-corrected chi connectivity index (χ2v) is 5.82. The number of nitrogens with one attached hydrogen (secondary N) is 1. The van der Waals surface area contributed by atoms with E-state index in [0.29, 0.717) is 17.1 Å². The van der Waals surface area contributed by atoms with Crippen molar-refractivity contribution in [3.8, 4) is 5.75 Å². The van der Waals surface area contributed by atoms with E-state index in [-0.39, 0.29) is 5.75 Å². The van der Waals surface area contributed by atoms with Crippen LogP contribution in [0.25, 0.3) is 0 Å². The Morgan fingerprint density at radius 1 is 1.32 bits per heavy atom. The number of hydrogen-bond donors (Lipinski definition) is 1. The summed E-state index contributed by atoms with van der Waals surface area (Å²) in [5.41, 5.74) is 0.974. The Bertz CT molecular complexity index is 443. The van der Waals surface area contributed by atoms with E-state index >= 15 is 0 Å². The molecule has 106 valence electrons. The molecule has 1 atom stereocenters. The second kappa shape index (κ2) is 4.94. The zero-order valence-corrected chi connectivity index (χ0v) is 11.1. The van der Waals surface area contributed by atoms with E-state index in [1.165, 1.54) is 12.1 Å². The summed E-state index contributed by atoms with van der Waals surface area (Å²) in [4.78, 5) is 0. The molecular weight excluding hydrogens is 255 g/mol. The van der Waals surface area contributed by atoms with Gasteiger partial charge in [0, 0.05) is 17.8 Å². The van der Waals surface area contributed by atoms with Gasteiger partial charge in [-0.25, -0.2) is 0 Å². The zero-order valence-electron chi connectivity index (χ0n) is 11.1. The molecule has 0 spiro atoms. The average Bonchev–Trinajstić information content (AvgIpc) is 2.56. The first kappa shape index (κ1) is 14.0. The molecular formula is C14H18F3NO. The largest absolute Gasteiger partial charge is 0.573 e. The number of rotatable bonds is 3. The summed E-state index contributed by atoms with van der Waals surface area (Å²) >= 11 is 0. The third-order valence-corrected chi connectivity index (χ3v) is 3.41. The predicted molar refractivity (Wildman–Crippen MR) is 68.2 cm³/mol. The first-order valence-electron chi connectivity index (χ1n) is 6.36. The number of ether oxygens (including phenoxy) is 1. The van der Waals surface area contributed by atoms with Gasteiger partial charge in [0.2, 0.25) is 0 Å². The quantitative estimate of drug-likeness (QED) is 0.870. The van der Waals surface area contributed by atoms with Crippen molar-refractivity contribution in [2.45, 2.75) is 45.5 Å². The molecule has 1 aromatic rings. The van der Waals surface area contributed by atoms with Gasteiger partial charge in [0.25, 0.3) is 0 Å². The first-order valence-corrected chi connectivity index (χ1v) is 6.36. The van der Waals surface area contributed by atoms with E-state index in [2.05, 4.69) is 23.9 Å². The van der Waals surface area contributed by atoms with E-state index in [1.54, 1.807) is 12.1 Å². The van der Waals surface area contributed by atoms with Crippen LogP contribution in [0.15, 0.2) is 24.3 Å². The molecule has 1 fully saturated rings. The summed E-state index contributed by atoms with van der Waals surface area (Å²) < 4.78 is 40.3. The Kier molecular flexibility index (Phi) is 3.65. The fourth-order valence-electron chi connectivity index (χ4n) is 2.58. The van der Waals surface area contributed by atoms with Crippen LogP contribution in [0.4, 0.5) is 18.9 Å². The third-order valence-electron chi connectivity index (χ3n) is 3.41. The van der Waals surface area contributed by atoms with Crippen molar-refractivity contribution in [2.24, 2.45) is 5.41 Å². The van der Waals surface area contributed by atoms with Crippen LogP contribution in [-0.2, 0) is 0 Å². The lowest BCUT2D eigenvalue weighted by Gasteiger charge is -2.19. The highest BCUT2D eigenvalue weighted by Crippen LogP contribution is 2.38. The van der Waals surface area contributed by atoms with E-state index < -0.39 is 6.36 Å². The summed E-state index contributed by atoms with van der Waals surface area (Å²) in [6.07, 6.45) is -1.45. The van der Waals surface area contributed by atoms with E-state index in [4.69, 9.17) is 0 Å². The molecule has 1 N–H and O–H groups in total. The Labute approximate surface area is 111 Å². The smallest absolute Gasteiger partial charge is 0.406 e. The lowest BCUT2D eigenvalue weighted by molar-refractivity contribution is -0.274. The summed E-state index contributed by atoms with van der Waals surface area (Å²) in [7, 11) is 0. The zero-order chi connectivity index (χ0) is 14.1. The molecule has 2 nitrogen and oxygen atoms in total. The maximum atomic E-state index is 12.1. The lowest BCUT2D eigenvalue weighted by Crippen LogP contribution is -2.19. The van der Waals surface area contributed by atoms with Crippen LogP contribution >= 0.6 is 0 Å². The molecule has 1 aromatic carbocycles. The van der Waals surface area contributed by atoms with Crippen LogP contribution in [0.1, 0.15) is 33.1 Å². The van der Waals surface area contributed by atoms with Gasteiger partial charge in [-0.15, -0.1) is 13.2 Å². The molecule has 2 rings (SSSR count). The third kappa shape index (κ3) is 4.33. The van der Waals surface area contributed by atoms with Gasteiger partial charge in [-0.1, -0.05) is 19.9 Å². The van der Waals surface area contributed by atoms with Gasteiger partial charge in [0.1, 0.15) is 5.75 Å². The topological polar surface area (TPSA) is 21.3 Å². The minimum Gasteiger partial charge on any atom is -0.406 e. The van der Waals surface area contributed by atoms with Gasteiger partial charge in [-0.3, -0.25) is 0 Å². The van der Waals surface area contributed by atoms with Crippen molar-refractivity contribution < 1.29 is 17.9 Å². The van der Waals surface area contributed by atoms with Gasteiger partial charge in [0.15, 0.2) is 0 Å². The maximum Gasteiger partial charge on any atom is 0.573 e. The molecule has 1 saturated carbocycles. The summed E-state index contributed by atoms with van der Waals surface area (Å²) in [6.45, 7) is 4.41. The highest BCUT2D eigenvalue weighted by atomic mass is 19.4. The molecule has 19 heavy (non-hydrogen) atoms. The van der Waals surface area contributed by atoms with Gasteiger partial charge in [0.05, 0.1) is 0 Å². The van der Waals surface area contributed by atoms with Crippen LogP contribution < -0.4 is 10.1 Å². The van der Waals surface area contributed by atoms with Crippen molar-refractivity contribution >= 4 is 5.69 Å². The SMILES string of the molecule is CC1(C)CCC(Nc2cccc(OC(F)(F)F)c2)C1. The van der Waals surface area contributed by atoms with Crippen LogP contribution in [0, 0.1) is 5.41 Å². The minimum absolute atomic E-state index is 0.185. The van der Waals surface area contributed by atoms with Crippen molar-refractivity contribution in [2.75, 3.05) is 5.32 Å². The second-order valence-electron chi connectivity index (χ2n) is 5.82. The first-order chi connectivity index (χ1) is 8.73. The Morgan fingerprint density at radius 2 is 2.05 bits per heavy atom. The fraction of sp³-hybridized carbons (Fsp3) is 0.571. The van der Waals surface area contributed by atoms with Gasteiger partial charge < -0.3 is 10.1 Å². The Hall–Kier alpha value is -1.39. The van der Waals surface area contributed by atoms with Crippen LogP contribution in [0.5, 0.6) is 5.75 Å². The van der Waals surface area contributed by atoms with Gasteiger partial charge >= 0.3 is 6.36 Å². The molecule has 1 unspecified atom stereocenters. The predicted octanol–water partition coefficient (Wildman–Crippen LogP) is 4.58. The molecule has 0 aliphatic heterocycles. The Balaban J connectivity index is 2.00. The average molecular weight is 273 g/mol. The van der Waals surface area contributed by atoms with E-state index in [0.717, 1.165) is 19.3 Å². The fourth-order valence-corrected chi connectivity index (χ4v) is 2.58. The summed E-state index contributed by atoms with van der Waals surface area (Å²) in [5, 5.41) is 3.28. The summed E-state index contributed by atoms with van der Waals surface area (Å²) in [6, 6.07) is 6.32. The molecule has 1 aliphatic rings. The van der Waals surface area contributed by atoms with Crippen LogP contribution in [0.2, 0.25) is 0 Å². The van der Waals surface area contributed by atoms with Crippen molar-refractivity contribution in [1.82, 2.24) is 0 Å². The lowest BCUT2D eigenvalue weighted by atomic mass is 9.92. The Morgan fingerprint density at radius 3 is 2.63 bits per heavy atom. The number of anilines is 1. The standard InChI is InChI=1S/C14H18F3NO/c1-13(2)7-6-11(9-13)18-10-4-3-5-12(8-10)19-14(15,16)17/h3-5,8,11,18H,6-7,9H2,1-2H3. The molecule has 1 aliphatic carbocycles. The number of halogens is 3. The number of alkyl halides is 3. The molecule has 5 heteroatoms. The van der Waals surface area contributed by atoms with Crippen molar-refractivity contribution in [3.63, 3.8) is 0 Å². The van der Waals surface area contributed by atoms with Gasteiger partial charge in [-0.2, -0.15) is 0 Å². The molecule has 0 bridgehead atoms. The molecule has 0 radical (unpaired) electrons. The molecule has 0 saturated heterocycles. The molecule has 0 amide bonds. The monoisotopic (exact) mass is 273 g/mol. The number of hydrogen-bond acceptors (Lipinski definition) is 2. The van der Waals surface area contributed by atoms with Crippen LogP contribution in [0.3, 0.4) is 0 Å². The van der Waals surface area contributed by atoms with Crippen LogP contribution in [-0.4, -0.2) is 12.4 Å². The van der Waals surface area contributed by atoms with E-state index in [1.807, 2.05) is 0 Å². The highest BCUT2D eigenvalue weighted by Gasteiger charge is 2.32. The normalized spacial score (nSPS) is 22.3. The molecule has 0 aromatic heterocycles. The number of benzene rings is 1. The summed E-state index contributed by atoms with van der Waals surface area (Å²) in [5.74, 6) is -0.185. The van der Waals surface area contributed by atoms with Crippen molar-refractivity contribution in [1.29, 1.82) is 0 Å². The minimum atomic E-state index is -4.64. The van der Waals surface area contributed by atoms with Gasteiger partial charge in [-0.05, 0) is 36.8 Å². The molecule has 0 heterocycles. The highest BCUT2D eigenvalue weighted by molar-refractivity contribution is 5.49.